The highest BCUT2D eigenvalue weighted by atomic mass is 35.6. The van der Waals surface area contributed by atoms with Gasteiger partial charge in [-0.05, 0) is 24.3 Å². The van der Waals surface area contributed by atoms with E-state index in [9.17, 15) is 38.2 Å². The second-order valence-corrected chi connectivity index (χ2v) is 14.0. The molecule has 4 atom stereocenters. The molecule has 260 valence electrons. The van der Waals surface area contributed by atoms with Gasteiger partial charge in [0.1, 0.15) is 19.2 Å². The summed E-state index contributed by atoms with van der Waals surface area (Å²) in [4.78, 5) is 60.5. The lowest BCUT2D eigenvalue weighted by Gasteiger charge is -2.49. The Bertz CT molecular complexity index is 1760. The number of urea groups is 1. The van der Waals surface area contributed by atoms with Gasteiger partial charge in [-0.25, -0.2) is 23.4 Å². The number of alkyl halides is 3. The van der Waals surface area contributed by atoms with Crippen LogP contribution < -0.4 is 26.2 Å². The van der Waals surface area contributed by atoms with Crippen LogP contribution in [0.1, 0.15) is 10.4 Å². The van der Waals surface area contributed by atoms with Crippen molar-refractivity contribution in [3.63, 3.8) is 0 Å². The molecule has 4 aliphatic heterocycles. The number of nitrogens with zero attached hydrogens (tertiary/aromatic N) is 4. The monoisotopic (exact) mass is 742 g/mol. The standard InChI is InChI=1S/C29H27Cl3F2N8O7/c1-14-35-22-18(10-41-20(43)12-40(26(41)46)15-6-3-2-4-7-15)36-24(38-25(45)49-13-27(30,31)32)42-11-19(29(47,48)28(22,42)39-14)37-23(44)16-8-5-9-17(33)21(16)34/h2-9,18-19,22,35,39,47-48H,1,10-13H2,(H,37,44)(H,36,38,45)/t18-,19?,22-,28-/m0/s1. The average molecular weight is 744 g/mol. The fourth-order valence-electron chi connectivity index (χ4n) is 6.34. The summed E-state index contributed by atoms with van der Waals surface area (Å²) in [6.07, 6.45) is -1.19. The molecule has 3 saturated heterocycles. The predicted octanol–water partition coefficient (Wildman–Crippen LogP) is 1.09. The van der Waals surface area contributed by atoms with Gasteiger partial charge in [0.2, 0.25) is 15.5 Å². The van der Waals surface area contributed by atoms with E-state index in [0.29, 0.717) is 5.69 Å². The van der Waals surface area contributed by atoms with Crippen LogP contribution in [0, 0.1) is 11.6 Å². The first-order chi connectivity index (χ1) is 23.0. The number of carbonyl (C=O) groups is 4. The first-order valence-corrected chi connectivity index (χ1v) is 15.6. The number of aliphatic hydroxyl groups is 2. The summed E-state index contributed by atoms with van der Waals surface area (Å²) in [7, 11) is 0. The van der Waals surface area contributed by atoms with Crippen LogP contribution in [0.2, 0.25) is 0 Å². The Labute approximate surface area is 291 Å². The molecule has 5 amide bonds. The summed E-state index contributed by atoms with van der Waals surface area (Å²) in [5.41, 5.74) is -2.39. The summed E-state index contributed by atoms with van der Waals surface area (Å²) in [6.45, 7) is 1.91. The molecule has 1 unspecified atom stereocenters. The Balaban J connectivity index is 1.36. The summed E-state index contributed by atoms with van der Waals surface area (Å²) in [6, 6.07) is 6.54. The molecule has 6 N–H and O–H groups in total. The number of carbonyl (C=O) groups excluding carboxylic acids is 4. The lowest BCUT2D eigenvalue weighted by Crippen LogP contribution is -2.78. The smallest absolute Gasteiger partial charge is 0.414 e. The zero-order chi connectivity index (χ0) is 35.5. The normalized spacial score (nSPS) is 25.7. The lowest BCUT2D eigenvalue weighted by atomic mass is 9.85. The summed E-state index contributed by atoms with van der Waals surface area (Å²) in [5.74, 6) is -7.88. The number of guanidine groups is 1. The number of rotatable bonds is 6. The molecule has 2 aromatic carbocycles. The molecule has 0 radical (unpaired) electrons. The van der Waals surface area contributed by atoms with E-state index in [1.165, 1.54) is 9.80 Å². The van der Waals surface area contributed by atoms with Gasteiger partial charge in [-0.1, -0.05) is 65.6 Å². The number of imide groups is 1. The third-order valence-electron chi connectivity index (χ3n) is 8.46. The van der Waals surface area contributed by atoms with Gasteiger partial charge in [0.25, 0.3) is 11.8 Å². The lowest BCUT2D eigenvalue weighted by molar-refractivity contribution is -0.231. The number of anilines is 1. The van der Waals surface area contributed by atoms with Crippen molar-refractivity contribution < 1.29 is 42.9 Å². The van der Waals surface area contributed by atoms with E-state index >= 15 is 0 Å². The Morgan fingerprint density at radius 3 is 2.53 bits per heavy atom. The predicted molar refractivity (Wildman–Crippen MR) is 170 cm³/mol. The Hall–Kier alpha value is -4.42. The molecule has 20 heteroatoms. The minimum absolute atomic E-state index is 0.0378. The summed E-state index contributed by atoms with van der Waals surface area (Å²) in [5, 5.41) is 34.2. The van der Waals surface area contributed by atoms with Crippen molar-refractivity contribution in [1.82, 2.24) is 31.1 Å². The van der Waals surface area contributed by atoms with Gasteiger partial charge < -0.3 is 35.8 Å². The van der Waals surface area contributed by atoms with Crippen molar-refractivity contribution in [2.45, 2.75) is 33.4 Å². The summed E-state index contributed by atoms with van der Waals surface area (Å²) >= 11 is 17.1. The van der Waals surface area contributed by atoms with Gasteiger partial charge in [0.15, 0.2) is 17.3 Å². The van der Waals surface area contributed by atoms with Gasteiger partial charge in [-0.2, -0.15) is 0 Å². The molecular weight excluding hydrogens is 717 g/mol. The first-order valence-electron chi connectivity index (χ1n) is 14.5. The van der Waals surface area contributed by atoms with E-state index in [4.69, 9.17) is 39.5 Å². The first kappa shape index (κ1) is 34.4. The SMILES string of the molecule is C=C1N[C@H]2[C@H](CN3C(=O)CN(c4ccccc4)C3=O)N=C(NC(=O)OCC(Cl)(Cl)Cl)N3CC(NC(=O)c4cccc(F)c4F)C(O)(O)[C@]23N1. The van der Waals surface area contributed by atoms with E-state index < -0.39 is 94.2 Å². The van der Waals surface area contributed by atoms with Crippen LogP contribution in [0.25, 0.3) is 0 Å². The molecule has 4 heterocycles. The second-order valence-electron chi connectivity index (χ2n) is 11.5. The molecule has 2 aromatic rings. The second kappa shape index (κ2) is 12.5. The zero-order valence-corrected chi connectivity index (χ0v) is 27.3. The van der Waals surface area contributed by atoms with Crippen LogP contribution in [0.15, 0.2) is 65.9 Å². The number of alkyl carbamates (subject to hydrolysis) is 1. The number of amides is 5. The van der Waals surface area contributed by atoms with E-state index in [2.05, 4.69) is 32.8 Å². The highest BCUT2D eigenvalue weighted by Gasteiger charge is 2.74. The third kappa shape index (κ3) is 6.05. The number of para-hydroxylation sites is 1. The van der Waals surface area contributed by atoms with Crippen molar-refractivity contribution in [3.8, 4) is 0 Å². The van der Waals surface area contributed by atoms with Crippen LogP contribution in [-0.2, 0) is 9.53 Å². The van der Waals surface area contributed by atoms with Crippen molar-refractivity contribution >= 4 is 70.4 Å². The molecule has 0 bridgehead atoms. The van der Waals surface area contributed by atoms with Gasteiger partial charge in [-0.3, -0.25) is 24.7 Å². The maximum absolute atomic E-state index is 14.5. The van der Waals surface area contributed by atoms with Gasteiger partial charge in [-0.15, -0.1) is 0 Å². The van der Waals surface area contributed by atoms with E-state index in [-0.39, 0.29) is 18.3 Å². The number of hydrogen-bond donors (Lipinski definition) is 6. The maximum Gasteiger partial charge on any atom is 0.414 e. The van der Waals surface area contributed by atoms with Crippen molar-refractivity contribution in [3.05, 3.63) is 78.1 Å². The van der Waals surface area contributed by atoms with E-state index in [1.54, 1.807) is 30.3 Å². The van der Waals surface area contributed by atoms with Crippen LogP contribution >= 0.6 is 34.8 Å². The number of ether oxygens (including phenoxy) is 1. The molecule has 0 aliphatic carbocycles. The summed E-state index contributed by atoms with van der Waals surface area (Å²) < 4.78 is 31.4. The molecule has 0 saturated carbocycles. The average Bonchev–Trinajstić information content (AvgIpc) is 3.62. The molecule has 6 rings (SSSR count). The molecule has 1 spiro atoms. The van der Waals surface area contributed by atoms with Crippen molar-refractivity contribution in [2.75, 3.05) is 31.1 Å². The molecule has 3 fully saturated rings. The zero-order valence-electron chi connectivity index (χ0n) is 25.0. The van der Waals surface area contributed by atoms with Crippen LogP contribution in [0.5, 0.6) is 0 Å². The minimum atomic E-state index is -3.00. The molecule has 49 heavy (non-hydrogen) atoms. The largest absolute Gasteiger partial charge is 0.445 e. The highest BCUT2D eigenvalue weighted by molar-refractivity contribution is 6.67. The Kier molecular flexibility index (Phi) is 8.77. The van der Waals surface area contributed by atoms with E-state index in [0.717, 1.165) is 23.1 Å². The third-order valence-corrected chi connectivity index (χ3v) is 8.79. The highest BCUT2D eigenvalue weighted by Crippen LogP contribution is 2.45. The molecule has 15 nitrogen and oxygen atoms in total. The molecule has 0 aromatic heterocycles. The number of aliphatic imine (C=N–C) groups is 1. The van der Waals surface area contributed by atoms with Crippen molar-refractivity contribution in [2.24, 2.45) is 4.99 Å². The number of hydrogen-bond acceptors (Lipinski definition) is 11. The van der Waals surface area contributed by atoms with Crippen LogP contribution in [0.3, 0.4) is 0 Å². The molecule has 4 aliphatic rings. The van der Waals surface area contributed by atoms with Crippen molar-refractivity contribution in [1.29, 1.82) is 0 Å². The fourth-order valence-corrected chi connectivity index (χ4v) is 6.50. The van der Waals surface area contributed by atoms with Crippen LogP contribution in [0.4, 0.5) is 24.1 Å². The number of halogens is 5. The quantitative estimate of drug-likeness (QED) is 0.142. The van der Waals surface area contributed by atoms with Gasteiger partial charge in [0, 0.05) is 12.2 Å². The van der Waals surface area contributed by atoms with Gasteiger partial charge in [0.05, 0.1) is 30.0 Å². The number of benzene rings is 2. The van der Waals surface area contributed by atoms with Crippen LogP contribution in [-0.4, -0.2) is 110 Å². The van der Waals surface area contributed by atoms with Gasteiger partial charge >= 0.3 is 12.1 Å². The Morgan fingerprint density at radius 2 is 1.84 bits per heavy atom. The minimum Gasteiger partial charge on any atom is -0.445 e. The molecular formula is C29H27Cl3F2N8O7. The Morgan fingerprint density at radius 1 is 1.12 bits per heavy atom. The topological polar surface area (TPSA) is 188 Å². The van der Waals surface area contributed by atoms with E-state index in [1.807, 2.05) is 0 Å². The maximum atomic E-state index is 14.5. The number of nitrogens with one attached hydrogen (secondary N) is 4. The fraction of sp³-hybridized carbons (Fsp3) is 0.345.